The predicted molar refractivity (Wildman–Crippen MR) is 90.5 cm³/mol. The number of carbonyl (C=O) groups is 1. The molecule has 23 heavy (non-hydrogen) atoms. The lowest BCUT2D eigenvalue weighted by Crippen LogP contribution is -2.03. The first kappa shape index (κ1) is 17.5. The van der Waals surface area contributed by atoms with Gasteiger partial charge in [0.2, 0.25) is 0 Å². The highest BCUT2D eigenvalue weighted by Crippen LogP contribution is 2.33. The normalized spacial score (nSPS) is 12.8. The van der Waals surface area contributed by atoms with Gasteiger partial charge in [0.1, 0.15) is 0 Å². The van der Waals surface area contributed by atoms with Crippen LogP contribution in [0.3, 0.4) is 0 Å². The molecule has 0 bridgehead atoms. The van der Waals surface area contributed by atoms with Gasteiger partial charge in [0.05, 0.1) is 10.3 Å². The molecule has 2 aromatic carbocycles. The Kier molecular flexibility index (Phi) is 5.44. The second kappa shape index (κ2) is 7.15. The van der Waals surface area contributed by atoms with Gasteiger partial charge in [-0.2, -0.15) is 0 Å². The number of rotatable bonds is 6. The molecule has 2 aromatic rings. The van der Waals surface area contributed by atoms with Crippen molar-refractivity contribution in [2.45, 2.75) is 23.1 Å². The second-order valence-electron chi connectivity index (χ2n) is 5.29. The van der Waals surface area contributed by atoms with Crippen LogP contribution >= 0.6 is 11.6 Å². The van der Waals surface area contributed by atoms with Crippen molar-refractivity contribution in [3.63, 3.8) is 0 Å². The Hall–Kier alpha value is -1.85. The van der Waals surface area contributed by atoms with E-state index in [1.807, 2.05) is 30.3 Å². The Bertz CT molecular complexity index is 801. The fourth-order valence-electron chi connectivity index (χ4n) is 2.31. The average molecular weight is 353 g/mol. The molecular weight excluding hydrogens is 336 g/mol. The molecule has 0 aliphatic carbocycles. The highest BCUT2D eigenvalue weighted by molar-refractivity contribution is 7.90. The summed E-state index contributed by atoms with van der Waals surface area (Å²) in [6.45, 7) is 0. The minimum atomic E-state index is -3.44. The molecule has 0 saturated heterocycles. The van der Waals surface area contributed by atoms with E-state index in [0.717, 1.165) is 11.8 Å². The maximum absolute atomic E-state index is 12.1. The summed E-state index contributed by atoms with van der Waals surface area (Å²) in [5, 5.41) is 8.19. The lowest BCUT2D eigenvalue weighted by atomic mass is 10.0. The van der Waals surface area contributed by atoms with Gasteiger partial charge in [-0.1, -0.05) is 42.5 Å². The number of carboxylic acids is 1. The first-order chi connectivity index (χ1) is 10.8. The van der Waals surface area contributed by atoms with Gasteiger partial charge >= 0.3 is 5.97 Å². The van der Waals surface area contributed by atoms with Crippen LogP contribution in [0.5, 0.6) is 0 Å². The molecular formula is C17H17ClO4S. The fourth-order valence-corrected chi connectivity index (χ4v) is 3.49. The van der Waals surface area contributed by atoms with Crippen molar-refractivity contribution < 1.29 is 18.3 Å². The smallest absolute Gasteiger partial charge is 0.303 e. The zero-order valence-corrected chi connectivity index (χ0v) is 14.1. The van der Waals surface area contributed by atoms with Gasteiger partial charge in [-0.05, 0) is 23.6 Å². The summed E-state index contributed by atoms with van der Waals surface area (Å²) in [4.78, 5) is 10.8. The Labute approximate surface area is 140 Å². The minimum absolute atomic E-state index is 0.0667. The molecule has 0 amide bonds. The van der Waals surface area contributed by atoms with Crippen molar-refractivity contribution in [1.82, 2.24) is 0 Å². The summed E-state index contributed by atoms with van der Waals surface area (Å²) in [6.07, 6.45) is 1.33. The fraction of sp³-hybridized carbons (Fsp3) is 0.235. The van der Waals surface area contributed by atoms with E-state index in [9.17, 15) is 13.2 Å². The van der Waals surface area contributed by atoms with E-state index in [-0.39, 0.29) is 17.7 Å². The van der Waals surface area contributed by atoms with Crippen molar-refractivity contribution in [2.24, 2.45) is 0 Å². The Morgan fingerprint density at radius 1 is 1.17 bits per heavy atom. The minimum Gasteiger partial charge on any atom is -0.481 e. The number of benzene rings is 2. The summed E-state index contributed by atoms with van der Waals surface area (Å²) < 4.78 is 24.3. The summed E-state index contributed by atoms with van der Waals surface area (Å²) in [7, 11) is -3.44. The van der Waals surface area contributed by atoms with Crippen LogP contribution in [0.1, 0.15) is 23.8 Å². The number of sulfone groups is 1. The van der Waals surface area contributed by atoms with Crippen molar-refractivity contribution >= 4 is 27.4 Å². The summed E-state index contributed by atoms with van der Waals surface area (Å²) in [6, 6.07) is 14.2. The molecule has 0 aliphatic heterocycles. The van der Waals surface area contributed by atoms with Crippen LogP contribution in [0, 0.1) is 0 Å². The maximum atomic E-state index is 12.1. The van der Waals surface area contributed by atoms with E-state index >= 15 is 0 Å². The van der Waals surface area contributed by atoms with Gasteiger partial charge in [-0.15, -0.1) is 11.6 Å². The van der Waals surface area contributed by atoms with Gasteiger partial charge in [0.15, 0.2) is 9.84 Å². The summed E-state index contributed by atoms with van der Waals surface area (Å²) >= 11 is 6.21. The third-order valence-corrected chi connectivity index (χ3v) is 5.07. The molecule has 1 atom stereocenters. The third-order valence-electron chi connectivity index (χ3n) is 3.46. The van der Waals surface area contributed by atoms with Crippen LogP contribution < -0.4 is 0 Å². The Balaban J connectivity index is 2.46. The molecule has 0 saturated carbocycles. The maximum Gasteiger partial charge on any atom is 0.303 e. The van der Waals surface area contributed by atoms with E-state index < -0.39 is 21.2 Å². The molecule has 1 unspecified atom stereocenters. The topological polar surface area (TPSA) is 71.4 Å². The van der Waals surface area contributed by atoms with Crippen molar-refractivity contribution in [3.8, 4) is 11.1 Å². The quantitative estimate of drug-likeness (QED) is 0.800. The predicted octanol–water partition coefficient (Wildman–Crippen LogP) is 3.90. The van der Waals surface area contributed by atoms with Crippen molar-refractivity contribution in [1.29, 1.82) is 0 Å². The molecule has 0 radical (unpaired) electrons. The van der Waals surface area contributed by atoms with Crippen LogP contribution in [-0.4, -0.2) is 25.7 Å². The van der Waals surface area contributed by atoms with Crippen LogP contribution in [0.15, 0.2) is 53.4 Å². The molecule has 0 fully saturated rings. The number of halogens is 1. The zero-order valence-electron chi connectivity index (χ0n) is 12.6. The first-order valence-corrected chi connectivity index (χ1v) is 9.37. The lowest BCUT2D eigenvalue weighted by molar-refractivity contribution is -0.137. The van der Waals surface area contributed by atoms with Gasteiger partial charge in [0, 0.05) is 18.2 Å². The first-order valence-electron chi connectivity index (χ1n) is 7.04. The summed E-state index contributed by atoms with van der Waals surface area (Å²) in [5.74, 6) is -0.931. The van der Waals surface area contributed by atoms with Crippen molar-refractivity contribution in [2.75, 3.05) is 6.26 Å². The standard InChI is InChI=1S/C17H17ClO4S/c1-23(21,22)16-11-13(15(18)9-10-17(19)20)7-8-14(16)12-5-3-2-4-6-12/h2-8,11,15H,9-10H2,1H3,(H,19,20). The van der Waals surface area contributed by atoms with E-state index in [1.165, 1.54) is 6.07 Å². The van der Waals surface area contributed by atoms with E-state index in [2.05, 4.69) is 0 Å². The molecule has 1 N–H and O–H groups in total. The number of aliphatic carboxylic acids is 1. The van der Waals surface area contributed by atoms with Crippen LogP contribution in [0.25, 0.3) is 11.1 Å². The molecule has 0 aromatic heterocycles. The molecule has 122 valence electrons. The monoisotopic (exact) mass is 352 g/mol. The Morgan fingerprint density at radius 3 is 2.39 bits per heavy atom. The summed E-state index contributed by atoms with van der Waals surface area (Å²) in [5.41, 5.74) is 2.02. The third kappa shape index (κ3) is 4.56. The molecule has 4 nitrogen and oxygen atoms in total. The molecule has 6 heteroatoms. The van der Waals surface area contributed by atoms with Gasteiger partial charge in [-0.3, -0.25) is 4.79 Å². The largest absolute Gasteiger partial charge is 0.481 e. The second-order valence-corrected chi connectivity index (χ2v) is 7.80. The van der Waals surface area contributed by atoms with E-state index in [4.69, 9.17) is 16.7 Å². The van der Waals surface area contributed by atoms with E-state index in [1.54, 1.807) is 12.1 Å². The molecule has 0 aliphatic rings. The van der Waals surface area contributed by atoms with Crippen LogP contribution in [0.4, 0.5) is 0 Å². The number of hydrogen-bond acceptors (Lipinski definition) is 3. The van der Waals surface area contributed by atoms with Gasteiger partial charge in [0.25, 0.3) is 0 Å². The van der Waals surface area contributed by atoms with Gasteiger partial charge < -0.3 is 5.11 Å². The molecule has 2 rings (SSSR count). The van der Waals surface area contributed by atoms with E-state index in [0.29, 0.717) is 11.1 Å². The van der Waals surface area contributed by atoms with Crippen LogP contribution in [0.2, 0.25) is 0 Å². The SMILES string of the molecule is CS(=O)(=O)c1cc(C(Cl)CCC(=O)O)ccc1-c1ccccc1. The lowest BCUT2D eigenvalue weighted by Gasteiger charge is -2.14. The van der Waals surface area contributed by atoms with Crippen LogP contribution in [-0.2, 0) is 14.6 Å². The molecule has 0 heterocycles. The number of carboxylic acid groups (broad SMARTS) is 1. The highest BCUT2D eigenvalue weighted by Gasteiger charge is 2.18. The number of alkyl halides is 1. The molecule has 0 spiro atoms. The highest BCUT2D eigenvalue weighted by atomic mass is 35.5. The number of hydrogen-bond donors (Lipinski definition) is 1. The van der Waals surface area contributed by atoms with Gasteiger partial charge in [-0.25, -0.2) is 8.42 Å². The average Bonchev–Trinajstić information content (AvgIpc) is 2.52. The zero-order chi connectivity index (χ0) is 17.0. The van der Waals surface area contributed by atoms with Crippen molar-refractivity contribution in [3.05, 3.63) is 54.1 Å². The Morgan fingerprint density at radius 2 is 1.83 bits per heavy atom.